The number of methoxy groups -OCH3 is 1. The number of ether oxygens (including phenoxy) is 2. The van der Waals surface area contributed by atoms with Crippen LogP contribution in [0.5, 0.6) is 5.75 Å². The Morgan fingerprint density at radius 3 is 2.54 bits per heavy atom. The van der Waals surface area contributed by atoms with Crippen LogP contribution in [0.25, 0.3) is 0 Å². The molecule has 1 atom stereocenters. The summed E-state index contributed by atoms with van der Waals surface area (Å²) >= 11 is 0. The molecule has 1 unspecified atom stereocenters. The first-order valence-corrected chi connectivity index (χ1v) is 9.88. The van der Waals surface area contributed by atoms with E-state index in [2.05, 4.69) is 9.62 Å². The molecule has 1 N–H and O–H groups in total. The van der Waals surface area contributed by atoms with Crippen molar-refractivity contribution in [2.45, 2.75) is 24.8 Å². The molecule has 0 saturated carbocycles. The number of benzene rings is 1. The Labute approximate surface area is 153 Å². The smallest absolute Gasteiger partial charge is 0.271 e. The van der Waals surface area contributed by atoms with Gasteiger partial charge in [0.25, 0.3) is 5.69 Å². The van der Waals surface area contributed by atoms with E-state index in [9.17, 15) is 18.5 Å². The van der Waals surface area contributed by atoms with E-state index in [1.807, 2.05) is 13.8 Å². The number of hydrogen-bond donors (Lipinski definition) is 1. The Hall–Kier alpha value is -1.75. The van der Waals surface area contributed by atoms with E-state index >= 15 is 0 Å². The minimum atomic E-state index is -3.96. The third kappa shape index (κ3) is 4.91. The summed E-state index contributed by atoms with van der Waals surface area (Å²) in [5.74, 6) is 0.290. The van der Waals surface area contributed by atoms with Crippen LogP contribution in [-0.2, 0) is 14.8 Å². The number of non-ortho nitro benzene ring substituents is 1. The fraction of sp³-hybridized carbons (Fsp3) is 0.625. The van der Waals surface area contributed by atoms with Gasteiger partial charge < -0.3 is 9.47 Å². The second kappa shape index (κ2) is 8.76. The predicted octanol–water partition coefficient (Wildman–Crippen LogP) is 1.24. The van der Waals surface area contributed by atoms with Gasteiger partial charge in [0.1, 0.15) is 10.6 Å². The van der Waals surface area contributed by atoms with Crippen molar-refractivity contribution in [2.75, 3.05) is 40.0 Å². The van der Waals surface area contributed by atoms with E-state index in [1.54, 1.807) is 0 Å². The van der Waals surface area contributed by atoms with Gasteiger partial charge in [-0.2, -0.15) is 0 Å². The highest BCUT2D eigenvalue weighted by molar-refractivity contribution is 7.89. The molecule has 0 aliphatic carbocycles. The van der Waals surface area contributed by atoms with Gasteiger partial charge in [0.05, 0.1) is 25.2 Å². The van der Waals surface area contributed by atoms with Gasteiger partial charge in [-0.1, -0.05) is 13.8 Å². The Kier molecular flexibility index (Phi) is 6.93. The number of nitro groups is 1. The largest absolute Gasteiger partial charge is 0.495 e. The molecule has 0 radical (unpaired) electrons. The molecule has 10 heteroatoms. The van der Waals surface area contributed by atoms with Crippen LogP contribution in [0, 0.1) is 16.0 Å². The summed E-state index contributed by atoms with van der Waals surface area (Å²) in [7, 11) is -2.64. The Morgan fingerprint density at radius 2 is 2.00 bits per heavy atom. The molecule has 1 saturated heterocycles. The molecule has 1 fully saturated rings. The van der Waals surface area contributed by atoms with Crippen molar-refractivity contribution in [3.63, 3.8) is 0 Å². The number of hydrogen-bond acceptors (Lipinski definition) is 7. The molecule has 1 aromatic rings. The van der Waals surface area contributed by atoms with Gasteiger partial charge in [-0.25, -0.2) is 13.1 Å². The molecule has 0 aromatic heterocycles. The number of sulfonamides is 1. The molecule has 146 valence electrons. The van der Waals surface area contributed by atoms with Crippen molar-refractivity contribution in [1.29, 1.82) is 0 Å². The number of nitro benzene ring substituents is 1. The maximum Gasteiger partial charge on any atom is 0.271 e. The second-order valence-electron chi connectivity index (χ2n) is 6.40. The first-order chi connectivity index (χ1) is 12.3. The molecule has 0 bridgehead atoms. The van der Waals surface area contributed by atoms with Crippen LogP contribution in [0.15, 0.2) is 23.1 Å². The molecule has 2 rings (SSSR count). The van der Waals surface area contributed by atoms with E-state index in [4.69, 9.17) is 9.47 Å². The molecule has 1 aliphatic heterocycles. The molecule has 1 aromatic carbocycles. The molecule has 26 heavy (non-hydrogen) atoms. The fourth-order valence-electron chi connectivity index (χ4n) is 2.96. The van der Waals surface area contributed by atoms with Gasteiger partial charge in [0, 0.05) is 37.8 Å². The Bertz CT molecular complexity index is 732. The van der Waals surface area contributed by atoms with E-state index in [-0.39, 0.29) is 34.8 Å². The number of nitrogens with one attached hydrogen (secondary N) is 1. The van der Waals surface area contributed by atoms with E-state index in [0.29, 0.717) is 13.2 Å². The SMILES string of the molecule is COc1ccc([N+](=O)[O-])cc1S(=O)(=O)NCC(C(C)C)N1CCOCC1. The minimum absolute atomic E-state index is 0.00151. The lowest BCUT2D eigenvalue weighted by Gasteiger charge is -2.36. The zero-order valence-corrected chi connectivity index (χ0v) is 16.0. The minimum Gasteiger partial charge on any atom is -0.495 e. The summed E-state index contributed by atoms with van der Waals surface area (Å²) in [6, 6.07) is 3.51. The number of morpholine rings is 1. The Morgan fingerprint density at radius 1 is 1.35 bits per heavy atom. The van der Waals surface area contributed by atoms with E-state index in [1.165, 1.54) is 19.2 Å². The third-order valence-corrected chi connectivity index (χ3v) is 5.86. The molecule has 0 amide bonds. The molecule has 0 spiro atoms. The lowest BCUT2D eigenvalue weighted by atomic mass is 10.0. The molecule has 1 heterocycles. The fourth-order valence-corrected chi connectivity index (χ4v) is 4.20. The lowest BCUT2D eigenvalue weighted by Crippen LogP contribution is -2.51. The normalized spacial score (nSPS) is 17.2. The standard InChI is InChI=1S/C16H25N3O6S/c1-12(2)14(18-6-8-25-9-7-18)11-17-26(22,23)16-10-13(19(20)21)4-5-15(16)24-3/h4-5,10,12,14,17H,6-9,11H2,1-3H3. The zero-order chi connectivity index (χ0) is 19.3. The third-order valence-electron chi connectivity index (χ3n) is 4.41. The second-order valence-corrected chi connectivity index (χ2v) is 8.14. The summed E-state index contributed by atoms with van der Waals surface area (Å²) < 4.78 is 38.5. The molecule has 9 nitrogen and oxygen atoms in total. The number of nitrogens with zero attached hydrogens (tertiary/aromatic N) is 2. The first kappa shape index (κ1) is 20.6. The molecular weight excluding hydrogens is 362 g/mol. The van der Waals surface area contributed by atoms with Gasteiger partial charge in [-0.15, -0.1) is 0 Å². The van der Waals surface area contributed by atoms with Crippen molar-refractivity contribution < 1.29 is 22.8 Å². The van der Waals surface area contributed by atoms with Gasteiger partial charge >= 0.3 is 0 Å². The highest BCUT2D eigenvalue weighted by Crippen LogP contribution is 2.28. The van der Waals surface area contributed by atoms with Crippen LogP contribution in [0.3, 0.4) is 0 Å². The van der Waals surface area contributed by atoms with Crippen LogP contribution in [-0.4, -0.2) is 64.2 Å². The average Bonchev–Trinajstić information content (AvgIpc) is 2.61. The monoisotopic (exact) mass is 387 g/mol. The van der Waals surface area contributed by atoms with Crippen LogP contribution < -0.4 is 9.46 Å². The zero-order valence-electron chi connectivity index (χ0n) is 15.2. The van der Waals surface area contributed by atoms with Crippen molar-refractivity contribution in [1.82, 2.24) is 9.62 Å². The summed E-state index contributed by atoms with van der Waals surface area (Å²) in [6.07, 6.45) is 0. The van der Waals surface area contributed by atoms with Crippen LogP contribution in [0.1, 0.15) is 13.8 Å². The Balaban J connectivity index is 2.21. The van der Waals surface area contributed by atoms with E-state index in [0.717, 1.165) is 19.2 Å². The lowest BCUT2D eigenvalue weighted by molar-refractivity contribution is -0.385. The van der Waals surface area contributed by atoms with Gasteiger partial charge in [-0.05, 0) is 12.0 Å². The van der Waals surface area contributed by atoms with Crippen molar-refractivity contribution in [3.05, 3.63) is 28.3 Å². The van der Waals surface area contributed by atoms with Crippen LogP contribution in [0.4, 0.5) is 5.69 Å². The summed E-state index contributed by atoms with van der Waals surface area (Å²) in [5, 5.41) is 11.0. The van der Waals surface area contributed by atoms with Crippen molar-refractivity contribution >= 4 is 15.7 Å². The van der Waals surface area contributed by atoms with Crippen molar-refractivity contribution in [3.8, 4) is 5.75 Å². The highest BCUT2D eigenvalue weighted by atomic mass is 32.2. The van der Waals surface area contributed by atoms with Gasteiger partial charge in [0.15, 0.2) is 0 Å². The topological polar surface area (TPSA) is 111 Å². The summed E-state index contributed by atoms with van der Waals surface area (Å²) in [6.45, 7) is 6.98. The van der Waals surface area contributed by atoms with Crippen molar-refractivity contribution in [2.24, 2.45) is 5.92 Å². The maximum absolute atomic E-state index is 12.7. The quantitative estimate of drug-likeness (QED) is 0.528. The first-order valence-electron chi connectivity index (χ1n) is 8.40. The molecule has 1 aliphatic rings. The van der Waals surface area contributed by atoms with E-state index < -0.39 is 14.9 Å². The van der Waals surface area contributed by atoms with Gasteiger partial charge in [-0.3, -0.25) is 15.0 Å². The van der Waals surface area contributed by atoms with Crippen LogP contribution in [0.2, 0.25) is 0 Å². The van der Waals surface area contributed by atoms with Crippen LogP contribution >= 0.6 is 0 Å². The summed E-state index contributed by atoms with van der Waals surface area (Å²) in [4.78, 5) is 12.3. The average molecular weight is 387 g/mol. The molecular formula is C16H25N3O6S. The highest BCUT2D eigenvalue weighted by Gasteiger charge is 2.28. The summed E-state index contributed by atoms with van der Waals surface area (Å²) in [5.41, 5.74) is -0.306. The maximum atomic E-state index is 12.7. The number of rotatable bonds is 8. The predicted molar refractivity (Wildman–Crippen MR) is 95.9 cm³/mol. The van der Waals surface area contributed by atoms with Gasteiger partial charge in [0.2, 0.25) is 10.0 Å².